The number of rotatable bonds is 5. The molecule has 0 radical (unpaired) electrons. The Hall–Kier alpha value is -3.46. The van der Waals surface area contributed by atoms with Crippen LogP contribution < -0.4 is 10.6 Å². The molecule has 2 aliphatic heterocycles. The number of pyridine rings is 1. The first-order chi connectivity index (χ1) is 17.1. The van der Waals surface area contributed by atoms with Crippen molar-refractivity contribution in [3.63, 3.8) is 0 Å². The predicted molar refractivity (Wildman–Crippen MR) is 130 cm³/mol. The van der Waals surface area contributed by atoms with Crippen molar-refractivity contribution < 1.29 is 18.7 Å². The van der Waals surface area contributed by atoms with Crippen LogP contribution in [0.4, 0.5) is 14.9 Å². The maximum atomic E-state index is 14.8. The number of benzene rings is 1. The molecule has 4 heterocycles. The molecule has 35 heavy (non-hydrogen) atoms. The van der Waals surface area contributed by atoms with E-state index in [0.717, 1.165) is 42.5 Å². The average molecular weight is 480 g/mol. The molecule has 0 bridgehead atoms. The summed E-state index contributed by atoms with van der Waals surface area (Å²) in [4.78, 5) is 31.2. The predicted octanol–water partition coefficient (Wildman–Crippen LogP) is 3.93. The maximum absolute atomic E-state index is 14.8. The number of fused-ring (bicyclic) bond motifs is 1. The van der Waals surface area contributed by atoms with Gasteiger partial charge in [0.25, 0.3) is 0 Å². The fourth-order valence-corrected chi connectivity index (χ4v) is 4.93. The third-order valence-corrected chi connectivity index (χ3v) is 7.01. The Morgan fingerprint density at radius 3 is 2.63 bits per heavy atom. The molecule has 0 aliphatic carbocycles. The highest BCUT2D eigenvalue weighted by molar-refractivity contribution is 5.89. The fraction of sp³-hybridized carbons (Fsp3) is 0.423. The van der Waals surface area contributed by atoms with Crippen LogP contribution in [-0.4, -0.2) is 52.5 Å². The standard InChI is InChI=1S/C26H30FN5O3/c27-22-16-21(19-4-10-32(11-5-19)25(33)20-6-13-35-14-7-20)1-2-23(22)30-26(34)29-17-18-3-9-31-12-8-28-24(31)15-18/h1-3,8-9,12,15-16,19-20H,4-7,10-11,13-14,17H2,(H2,29,30,34). The first-order valence-electron chi connectivity index (χ1n) is 12.2. The van der Waals surface area contributed by atoms with Crippen molar-refractivity contribution in [1.82, 2.24) is 19.6 Å². The first-order valence-corrected chi connectivity index (χ1v) is 12.2. The molecule has 1 aromatic carbocycles. The van der Waals surface area contributed by atoms with Crippen LogP contribution in [0.25, 0.3) is 5.65 Å². The maximum Gasteiger partial charge on any atom is 0.319 e. The SMILES string of the molecule is O=C(NCc1ccn2ccnc2c1)Nc1ccc(C2CCN(C(=O)C3CCOCC3)CC2)cc1F. The van der Waals surface area contributed by atoms with Gasteiger partial charge in [-0.15, -0.1) is 0 Å². The summed E-state index contributed by atoms with van der Waals surface area (Å²) in [6.45, 7) is 3.00. The van der Waals surface area contributed by atoms with Crippen LogP contribution in [0.3, 0.4) is 0 Å². The fourth-order valence-electron chi connectivity index (χ4n) is 4.93. The van der Waals surface area contributed by atoms with Gasteiger partial charge in [-0.05, 0) is 67.0 Å². The van der Waals surface area contributed by atoms with Crippen LogP contribution in [0.2, 0.25) is 0 Å². The molecule has 3 amide bonds. The second-order valence-corrected chi connectivity index (χ2v) is 9.26. The van der Waals surface area contributed by atoms with Crippen LogP contribution in [0, 0.1) is 11.7 Å². The molecule has 2 aliphatic rings. The molecule has 0 saturated carbocycles. The second-order valence-electron chi connectivity index (χ2n) is 9.26. The zero-order valence-electron chi connectivity index (χ0n) is 19.6. The van der Waals surface area contributed by atoms with Crippen molar-refractivity contribution >= 4 is 23.3 Å². The summed E-state index contributed by atoms with van der Waals surface area (Å²) >= 11 is 0. The summed E-state index contributed by atoms with van der Waals surface area (Å²) in [6, 6.07) is 8.29. The number of ether oxygens (including phenoxy) is 1. The van der Waals surface area contributed by atoms with E-state index in [1.54, 1.807) is 12.3 Å². The van der Waals surface area contributed by atoms with Crippen LogP contribution in [-0.2, 0) is 16.1 Å². The smallest absolute Gasteiger partial charge is 0.319 e. The lowest BCUT2D eigenvalue weighted by atomic mass is 9.88. The normalized spacial score (nSPS) is 17.5. The topological polar surface area (TPSA) is 88.0 Å². The third-order valence-electron chi connectivity index (χ3n) is 7.01. The number of hydrogen-bond donors (Lipinski definition) is 2. The largest absolute Gasteiger partial charge is 0.381 e. The van der Waals surface area contributed by atoms with Crippen LogP contribution in [0.5, 0.6) is 0 Å². The minimum absolute atomic E-state index is 0.0721. The number of carbonyl (C=O) groups excluding carboxylic acids is 2. The van der Waals surface area contributed by atoms with E-state index in [4.69, 9.17) is 4.74 Å². The zero-order valence-corrected chi connectivity index (χ0v) is 19.6. The van der Waals surface area contributed by atoms with E-state index in [2.05, 4.69) is 15.6 Å². The van der Waals surface area contributed by atoms with E-state index in [1.807, 2.05) is 39.9 Å². The van der Waals surface area contributed by atoms with Gasteiger partial charge in [-0.1, -0.05) is 6.07 Å². The van der Waals surface area contributed by atoms with E-state index < -0.39 is 11.8 Å². The summed E-state index contributed by atoms with van der Waals surface area (Å²) in [7, 11) is 0. The minimum atomic E-state index is -0.472. The highest BCUT2D eigenvalue weighted by Gasteiger charge is 2.30. The first kappa shape index (κ1) is 23.3. The number of nitrogens with one attached hydrogen (secondary N) is 2. The number of amides is 3. The summed E-state index contributed by atoms with van der Waals surface area (Å²) in [6.07, 6.45) is 8.65. The van der Waals surface area contributed by atoms with Crippen LogP contribution >= 0.6 is 0 Å². The van der Waals surface area contributed by atoms with Crippen molar-refractivity contribution in [2.45, 2.75) is 38.1 Å². The van der Waals surface area contributed by atoms with Crippen molar-refractivity contribution in [2.24, 2.45) is 5.92 Å². The number of aromatic nitrogens is 2. The second kappa shape index (κ2) is 10.4. The van der Waals surface area contributed by atoms with Crippen molar-refractivity contribution in [3.05, 3.63) is 65.9 Å². The molecule has 3 aromatic rings. The molecule has 9 heteroatoms. The number of carbonyl (C=O) groups is 2. The minimum Gasteiger partial charge on any atom is -0.381 e. The monoisotopic (exact) mass is 479 g/mol. The number of nitrogens with zero attached hydrogens (tertiary/aromatic N) is 3. The van der Waals surface area contributed by atoms with E-state index in [1.165, 1.54) is 6.07 Å². The van der Waals surface area contributed by atoms with Gasteiger partial charge in [-0.2, -0.15) is 0 Å². The van der Waals surface area contributed by atoms with Gasteiger partial charge in [0.15, 0.2) is 0 Å². The van der Waals surface area contributed by atoms with Gasteiger partial charge in [0.05, 0.1) is 5.69 Å². The van der Waals surface area contributed by atoms with E-state index in [9.17, 15) is 14.0 Å². The summed E-state index contributed by atoms with van der Waals surface area (Å²) < 4.78 is 22.0. The van der Waals surface area contributed by atoms with Crippen molar-refractivity contribution in [3.8, 4) is 0 Å². The Morgan fingerprint density at radius 2 is 1.86 bits per heavy atom. The number of anilines is 1. The van der Waals surface area contributed by atoms with Gasteiger partial charge in [0, 0.05) is 57.4 Å². The van der Waals surface area contributed by atoms with Crippen molar-refractivity contribution in [2.75, 3.05) is 31.6 Å². The molecule has 184 valence electrons. The molecule has 8 nitrogen and oxygen atoms in total. The number of halogens is 1. The Bertz CT molecular complexity index is 1200. The number of hydrogen-bond acceptors (Lipinski definition) is 4. The number of piperidine rings is 1. The lowest BCUT2D eigenvalue weighted by Crippen LogP contribution is -2.42. The Labute approximate surface area is 203 Å². The lowest BCUT2D eigenvalue weighted by molar-refractivity contribution is -0.139. The molecule has 5 rings (SSSR count). The molecular weight excluding hydrogens is 449 g/mol. The average Bonchev–Trinajstić information content (AvgIpc) is 3.37. The number of imidazole rings is 1. The number of likely N-dealkylation sites (tertiary alicyclic amines) is 1. The van der Waals surface area contributed by atoms with Gasteiger partial charge >= 0.3 is 6.03 Å². The molecule has 0 atom stereocenters. The third kappa shape index (κ3) is 5.45. The molecule has 2 N–H and O–H groups in total. The molecule has 0 spiro atoms. The van der Waals surface area contributed by atoms with Gasteiger partial charge in [0.1, 0.15) is 11.5 Å². The van der Waals surface area contributed by atoms with E-state index in [0.29, 0.717) is 32.8 Å². The van der Waals surface area contributed by atoms with E-state index in [-0.39, 0.29) is 23.4 Å². The highest BCUT2D eigenvalue weighted by Crippen LogP contribution is 2.31. The summed E-state index contributed by atoms with van der Waals surface area (Å²) in [5, 5.41) is 5.35. The number of urea groups is 1. The highest BCUT2D eigenvalue weighted by atomic mass is 19.1. The van der Waals surface area contributed by atoms with Crippen LogP contribution in [0.1, 0.15) is 42.7 Å². The van der Waals surface area contributed by atoms with Crippen LogP contribution in [0.15, 0.2) is 48.9 Å². The molecule has 2 saturated heterocycles. The zero-order chi connectivity index (χ0) is 24.2. The Morgan fingerprint density at radius 1 is 1.06 bits per heavy atom. The van der Waals surface area contributed by atoms with Gasteiger partial charge in [0.2, 0.25) is 5.91 Å². The Kier molecular flexibility index (Phi) is 6.94. The molecule has 2 aromatic heterocycles. The summed E-state index contributed by atoms with van der Waals surface area (Å²) in [5.41, 5.74) is 2.74. The lowest BCUT2D eigenvalue weighted by Gasteiger charge is -2.35. The Balaban J connectivity index is 1.12. The molecule has 0 unspecified atom stereocenters. The van der Waals surface area contributed by atoms with Gasteiger partial charge in [-0.3, -0.25) is 4.79 Å². The van der Waals surface area contributed by atoms with Gasteiger partial charge in [-0.25, -0.2) is 14.2 Å². The van der Waals surface area contributed by atoms with E-state index >= 15 is 0 Å². The molecule has 2 fully saturated rings. The quantitative estimate of drug-likeness (QED) is 0.581. The van der Waals surface area contributed by atoms with Crippen molar-refractivity contribution in [1.29, 1.82) is 0 Å². The molecular formula is C26H30FN5O3. The summed E-state index contributed by atoms with van der Waals surface area (Å²) in [5.74, 6) is 0.0388. The van der Waals surface area contributed by atoms with Gasteiger partial charge < -0.3 is 24.7 Å².